The molecule has 1 aliphatic carbocycles. The second-order valence-corrected chi connectivity index (χ2v) is 12.6. The van der Waals surface area contributed by atoms with Gasteiger partial charge < -0.3 is 14.4 Å². The number of hydrogen-bond donors (Lipinski definition) is 1. The van der Waals surface area contributed by atoms with Gasteiger partial charge in [0.1, 0.15) is 21.2 Å². The zero-order valence-corrected chi connectivity index (χ0v) is 23.9. The van der Waals surface area contributed by atoms with E-state index in [2.05, 4.69) is 10.4 Å². The SMILES string of the molecule is C[C@H]1COCCN1c1cc(C2(S(=O)(=O)c3cnn(C(F)F)c3)CC2)nc(-c2ccc(NC(=O)Oc3ccccc3)cc2)n1. The van der Waals surface area contributed by atoms with E-state index in [1.54, 1.807) is 54.6 Å². The number of rotatable bonds is 8. The minimum absolute atomic E-state index is 0.0254. The van der Waals surface area contributed by atoms with Crippen molar-refractivity contribution < 1.29 is 31.5 Å². The molecule has 1 aliphatic heterocycles. The Morgan fingerprint density at radius 1 is 1.12 bits per heavy atom. The van der Waals surface area contributed by atoms with Gasteiger partial charge in [0.05, 0.1) is 31.1 Å². The molecule has 43 heavy (non-hydrogen) atoms. The number of alkyl halides is 2. The highest BCUT2D eigenvalue weighted by Crippen LogP contribution is 2.55. The lowest BCUT2D eigenvalue weighted by atomic mass is 10.1. The van der Waals surface area contributed by atoms with E-state index in [4.69, 9.17) is 19.4 Å². The maximum Gasteiger partial charge on any atom is 0.417 e. The molecule has 1 amide bonds. The molecule has 2 fully saturated rings. The van der Waals surface area contributed by atoms with Gasteiger partial charge in [-0.2, -0.15) is 13.9 Å². The number of ether oxygens (including phenoxy) is 2. The first-order chi connectivity index (χ1) is 20.7. The standard InChI is InChI=1S/C29H28F2N6O5S/c1-19-18-41-14-13-36(19)25-15-24(29(11-12-29)43(39,40)23-16-32-37(17-23)27(30)31)34-26(35-25)20-7-9-21(10-8-20)33-28(38)42-22-5-3-2-4-6-22/h2-10,15-17,19,27H,11-14,18H2,1H3,(H,33,38)/t19-/m0/s1. The Balaban J connectivity index is 1.33. The molecule has 2 aliphatic rings. The summed E-state index contributed by atoms with van der Waals surface area (Å²) in [7, 11) is -4.11. The molecule has 11 nitrogen and oxygen atoms in total. The van der Waals surface area contributed by atoms with Crippen molar-refractivity contribution in [1.82, 2.24) is 19.7 Å². The van der Waals surface area contributed by atoms with Gasteiger partial charge in [-0.3, -0.25) is 5.32 Å². The van der Waals surface area contributed by atoms with Crippen molar-refractivity contribution in [1.29, 1.82) is 0 Å². The van der Waals surface area contributed by atoms with Crippen LogP contribution >= 0.6 is 0 Å². The molecule has 2 aromatic carbocycles. The number of nitrogens with zero attached hydrogens (tertiary/aromatic N) is 5. The third-order valence-corrected chi connectivity index (χ3v) is 9.97. The van der Waals surface area contributed by atoms with Crippen molar-refractivity contribution in [2.24, 2.45) is 0 Å². The van der Waals surface area contributed by atoms with Gasteiger partial charge in [0.15, 0.2) is 15.7 Å². The van der Waals surface area contributed by atoms with E-state index in [0.29, 0.717) is 47.3 Å². The third-order valence-electron chi connectivity index (χ3n) is 7.49. The molecule has 2 aromatic heterocycles. The Morgan fingerprint density at radius 3 is 2.51 bits per heavy atom. The van der Waals surface area contributed by atoms with Crippen molar-refractivity contribution in [2.75, 3.05) is 30.0 Å². The van der Waals surface area contributed by atoms with E-state index in [0.717, 1.165) is 12.4 Å². The number of amides is 1. The van der Waals surface area contributed by atoms with Crippen molar-refractivity contribution in [3.63, 3.8) is 0 Å². The van der Waals surface area contributed by atoms with Crippen LogP contribution in [0.5, 0.6) is 5.75 Å². The average Bonchev–Trinajstić information content (AvgIpc) is 3.67. The quantitative estimate of drug-likeness (QED) is 0.292. The number of anilines is 2. The van der Waals surface area contributed by atoms with Crippen LogP contribution in [0.3, 0.4) is 0 Å². The van der Waals surface area contributed by atoms with Crippen molar-refractivity contribution in [3.05, 3.63) is 78.8 Å². The second kappa shape index (κ2) is 11.3. The summed E-state index contributed by atoms with van der Waals surface area (Å²) >= 11 is 0. The van der Waals surface area contributed by atoms with Crippen molar-refractivity contribution >= 4 is 27.4 Å². The first-order valence-electron chi connectivity index (χ1n) is 13.6. The smallest absolute Gasteiger partial charge is 0.410 e. The van der Waals surface area contributed by atoms with Crippen LogP contribution in [0.25, 0.3) is 11.4 Å². The molecule has 1 atom stereocenters. The Morgan fingerprint density at radius 2 is 1.86 bits per heavy atom. The van der Waals surface area contributed by atoms with Gasteiger partial charge >= 0.3 is 12.6 Å². The Kier molecular flexibility index (Phi) is 7.56. The summed E-state index contributed by atoms with van der Waals surface area (Å²) in [6.07, 6.45) is 1.69. The van der Waals surface area contributed by atoms with Gasteiger partial charge in [0.25, 0.3) is 0 Å². The molecular formula is C29H28F2N6O5S. The Labute approximate surface area is 246 Å². The molecule has 4 aromatic rings. The van der Waals surface area contributed by atoms with Crippen molar-refractivity contribution in [3.8, 4) is 17.1 Å². The first kappa shape index (κ1) is 28.7. The van der Waals surface area contributed by atoms with Crippen LogP contribution in [0, 0.1) is 0 Å². The summed E-state index contributed by atoms with van der Waals surface area (Å²) < 4.78 is 63.7. The van der Waals surface area contributed by atoms with E-state index in [-0.39, 0.29) is 35.3 Å². The van der Waals surface area contributed by atoms with E-state index >= 15 is 0 Å². The number of hydrogen-bond acceptors (Lipinski definition) is 9. The van der Waals surface area contributed by atoms with Gasteiger partial charge in [-0.15, -0.1) is 0 Å². The van der Waals surface area contributed by atoms with E-state index in [1.165, 1.54) is 0 Å². The molecule has 6 rings (SSSR count). The van der Waals surface area contributed by atoms with Gasteiger partial charge in [-0.25, -0.2) is 27.9 Å². The number of aromatic nitrogens is 4. The molecule has 224 valence electrons. The lowest BCUT2D eigenvalue weighted by Crippen LogP contribution is -2.44. The number of halogens is 2. The van der Waals surface area contributed by atoms with Crippen LogP contribution < -0.4 is 15.0 Å². The Hall–Kier alpha value is -4.43. The number of carbonyl (C=O) groups excluding carboxylic acids is 1. The van der Waals surface area contributed by atoms with Crippen LogP contribution in [-0.4, -0.2) is 60.1 Å². The number of carbonyl (C=O) groups is 1. The molecule has 14 heteroatoms. The summed E-state index contributed by atoms with van der Waals surface area (Å²) in [4.78, 5) is 23.6. The highest BCUT2D eigenvalue weighted by Gasteiger charge is 2.58. The molecule has 1 N–H and O–H groups in total. The van der Waals surface area contributed by atoms with Crippen LogP contribution in [0.4, 0.5) is 25.1 Å². The third kappa shape index (κ3) is 5.67. The average molecular weight is 611 g/mol. The van der Waals surface area contributed by atoms with Gasteiger partial charge in [-0.05, 0) is 56.2 Å². The van der Waals surface area contributed by atoms with Gasteiger partial charge in [-0.1, -0.05) is 18.2 Å². The maximum absolute atomic E-state index is 13.8. The van der Waals surface area contributed by atoms with E-state index in [9.17, 15) is 22.0 Å². The molecule has 1 saturated heterocycles. The number of sulfone groups is 1. The Bertz CT molecular complexity index is 1730. The number of nitrogens with one attached hydrogen (secondary N) is 1. The largest absolute Gasteiger partial charge is 0.417 e. The van der Waals surface area contributed by atoms with Gasteiger partial charge in [0.2, 0.25) is 0 Å². The van der Waals surface area contributed by atoms with Gasteiger partial charge in [0, 0.05) is 30.1 Å². The molecule has 0 unspecified atom stereocenters. The summed E-state index contributed by atoms with van der Waals surface area (Å²) in [5.41, 5.74) is 1.34. The number of morpholine rings is 1. The summed E-state index contributed by atoms with van der Waals surface area (Å²) in [5.74, 6) is 1.22. The van der Waals surface area contributed by atoms with E-state index < -0.39 is 27.2 Å². The molecule has 0 radical (unpaired) electrons. The molecular weight excluding hydrogens is 582 g/mol. The highest BCUT2D eigenvalue weighted by molar-refractivity contribution is 7.92. The van der Waals surface area contributed by atoms with Crippen LogP contribution in [0.2, 0.25) is 0 Å². The second-order valence-electron chi connectivity index (χ2n) is 10.4. The molecule has 0 bridgehead atoms. The maximum atomic E-state index is 13.8. The highest BCUT2D eigenvalue weighted by atomic mass is 32.2. The molecule has 0 spiro atoms. The zero-order chi connectivity index (χ0) is 30.2. The lowest BCUT2D eigenvalue weighted by Gasteiger charge is -2.34. The van der Waals surface area contributed by atoms with Crippen molar-refractivity contribution in [2.45, 2.75) is 42.0 Å². The minimum Gasteiger partial charge on any atom is -0.410 e. The fraction of sp³-hybridized carbons (Fsp3) is 0.310. The summed E-state index contributed by atoms with van der Waals surface area (Å²) in [5, 5.41) is 6.20. The fourth-order valence-corrected chi connectivity index (χ4v) is 6.92. The minimum atomic E-state index is -4.11. The normalized spacial score (nSPS) is 18.0. The summed E-state index contributed by atoms with van der Waals surface area (Å²) in [6.45, 7) is 0.526. The number of benzene rings is 2. The first-order valence-corrected chi connectivity index (χ1v) is 15.1. The summed E-state index contributed by atoms with van der Waals surface area (Å²) in [6, 6.07) is 17.0. The monoisotopic (exact) mass is 610 g/mol. The fourth-order valence-electron chi connectivity index (χ4n) is 5.02. The van der Waals surface area contributed by atoms with Crippen LogP contribution in [-0.2, 0) is 19.3 Å². The topological polar surface area (TPSA) is 129 Å². The lowest BCUT2D eigenvalue weighted by molar-refractivity contribution is 0.0563. The predicted octanol–water partition coefficient (Wildman–Crippen LogP) is 5.03. The van der Waals surface area contributed by atoms with E-state index in [1.807, 2.05) is 17.9 Å². The van der Waals surface area contributed by atoms with Crippen LogP contribution in [0.15, 0.2) is 78.0 Å². The predicted molar refractivity (Wildman–Crippen MR) is 153 cm³/mol. The molecule has 3 heterocycles. The zero-order valence-electron chi connectivity index (χ0n) is 23.1. The molecule has 1 saturated carbocycles. The number of para-hydroxylation sites is 1. The van der Waals surface area contributed by atoms with Crippen LogP contribution in [0.1, 0.15) is 32.0 Å².